The van der Waals surface area contributed by atoms with Crippen LogP contribution in [0.15, 0.2) is 48.8 Å². The number of benzene rings is 1. The number of nitrogens with one attached hydrogen (secondary N) is 2. The first-order valence-corrected chi connectivity index (χ1v) is 9.34. The summed E-state index contributed by atoms with van der Waals surface area (Å²) in [6, 6.07) is 14.2. The van der Waals surface area contributed by atoms with Gasteiger partial charge in [0.05, 0.1) is 6.54 Å². The van der Waals surface area contributed by atoms with Gasteiger partial charge in [-0.1, -0.05) is 36.8 Å². The van der Waals surface area contributed by atoms with E-state index in [2.05, 4.69) is 20.8 Å². The van der Waals surface area contributed by atoms with Gasteiger partial charge >= 0.3 is 0 Å². The average Bonchev–Trinajstić information content (AvgIpc) is 3.30. The summed E-state index contributed by atoms with van der Waals surface area (Å²) < 4.78 is 3.80. The van der Waals surface area contributed by atoms with E-state index in [4.69, 9.17) is 0 Å². The van der Waals surface area contributed by atoms with E-state index in [1.807, 2.05) is 58.6 Å². The molecule has 2 N–H and O–H groups in total. The van der Waals surface area contributed by atoms with E-state index in [0.29, 0.717) is 24.2 Å². The molecule has 1 unspecified atom stereocenters. The van der Waals surface area contributed by atoms with Crippen molar-refractivity contribution < 1.29 is 4.79 Å². The summed E-state index contributed by atoms with van der Waals surface area (Å²) in [5.74, 6) is 0.268. The van der Waals surface area contributed by atoms with Crippen LogP contribution >= 0.6 is 0 Å². The third-order valence-corrected chi connectivity index (χ3v) is 5.10. The fourth-order valence-electron chi connectivity index (χ4n) is 3.62. The maximum Gasteiger partial charge on any atom is 0.274 e. The Morgan fingerprint density at radius 2 is 2.07 bits per heavy atom. The van der Waals surface area contributed by atoms with Crippen molar-refractivity contribution in [2.75, 3.05) is 11.9 Å². The second kappa shape index (κ2) is 7.75. The summed E-state index contributed by atoms with van der Waals surface area (Å²) in [6.07, 6.45) is 5.16. The predicted octanol–water partition coefficient (Wildman–Crippen LogP) is 2.73. The summed E-state index contributed by atoms with van der Waals surface area (Å²) in [6.45, 7) is 1.63. The second-order valence-corrected chi connectivity index (χ2v) is 6.93. The molecule has 1 aromatic carbocycles. The molecule has 1 amide bonds. The van der Waals surface area contributed by atoms with Crippen molar-refractivity contribution in [2.24, 2.45) is 7.05 Å². The zero-order valence-electron chi connectivity index (χ0n) is 15.4. The van der Waals surface area contributed by atoms with Gasteiger partial charge in [-0.25, -0.2) is 0 Å². The van der Waals surface area contributed by atoms with Gasteiger partial charge in [0.1, 0.15) is 12.0 Å². The fraction of sp³-hybridized carbons (Fsp3) is 0.350. The molecular weight excluding hydrogens is 340 g/mol. The van der Waals surface area contributed by atoms with Crippen molar-refractivity contribution in [3.63, 3.8) is 0 Å². The first kappa shape index (κ1) is 17.5. The molecule has 1 saturated heterocycles. The van der Waals surface area contributed by atoms with Gasteiger partial charge in [-0.3, -0.25) is 14.7 Å². The van der Waals surface area contributed by atoms with Crippen LogP contribution in [0.2, 0.25) is 0 Å². The van der Waals surface area contributed by atoms with Crippen molar-refractivity contribution in [3.05, 3.63) is 65.7 Å². The van der Waals surface area contributed by atoms with Gasteiger partial charge in [0.15, 0.2) is 0 Å². The molecule has 1 aliphatic heterocycles. The van der Waals surface area contributed by atoms with Crippen molar-refractivity contribution in [1.29, 1.82) is 0 Å². The Morgan fingerprint density at radius 3 is 2.85 bits per heavy atom. The number of rotatable bonds is 5. The Hall–Kier alpha value is -2.93. The highest BCUT2D eigenvalue weighted by Crippen LogP contribution is 2.24. The SMILES string of the molecule is Cn1c(C(=O)Nc2nncn2Cc2ccccc2)ccc1C1CCCCN1. The molecule has 1 aliphatic rings. The molecule has 1 atom stereocenters. The van der Waals surface area contributed by atoms with Gasteiger partial charge in [0, 0.05) is 18.8 Å². The van der Waals surface area contributed by atoms with Crippen LogP contribution in [0.5, 0.6) is 0 Å². The van der Waals surface area contributed by atoms with E-state index in [9.17, 15) is 4.79 Å². The number of carbonyl (C=O) groups excluding carboxylic acids is 1. The summed E-state index contributed by atoms with van der Waals surface area (Å²) in [5.41, 5.74) is 2.88. The number of piperidine rings is 1. The number of anilines is 1. The molecule has 2 aromatic heterocycles. The molecular formula is C20H24N6O. The molecule has 27 heavy (non-hydrogen) atoms. The van der Waals surface area contributed by atoms with Crippen molar-refractivity contribution in [3.8, 4) is 0 Å². The van der Waals surface area contributed by atoms with E-state index in [1.165, 1.54) is 12.8 Å². The molecule has 0 saturated carbocycles. The highest BCUT2D eigenvalue weighted by atomic mass is 16.2. The summed E-state index contributed by atoms with van der Waals surface area (Å²) >= 11 is 0. The first-order chi connectivity index (χ1) is 13.2. The van der Waals surface area contributed by atoms with Crippen LogP contribution in [0.3, 0.4) is 0 Å². The van der Waals surface area contributed by atoms with Gasteiger partial charge in [0.25, 0.3) is 5.91 Å². The number of aromatic nitrogens is 4. The number of nitrogens with zero attached hydrogens (tertiary/aromatic N) is 4. The van der Waals surface area contributed by atoms with E-state index in [-0.39, 0.29) is 5.91 Å². The van der Waals surface area contributed by atoms with Crippen LogP contribution in [0.4, 0.5) is 5.95 Å². The maximum absolute atomic E-state index is 12.8. The minimum atomic E-state index is -0.179. The fourth-order valence-corrected chi connectivity index (χ4v) is 3.62. The zero-order valence-corrected chi connectivity index (χ0v) is 15.4. The van der Waals surface area contributed by atoms with Gasteiger partial charge in [-0.2, -0.15) is 0 Å². The number of amides is 1. The molecule has 1 fully saturated rings. The van der Waals surface area contributed by atoms with Gasteiger partial charge in [-0.05, 0) is 37.1 Å². The molecule has 3 heterocycles. The Kier molecular flexibility index (Phi) is 5.02. The molecule has 0 aliphatic carbocycles. The summed E-state index contributed by atoms with van der Waals surface area (Å²) in [7, 11) is 1.94. The van der Waals surface area contributed by atoms with Crippen molar-refractivity contribution in [2.45, 2.75) is 31.8 Å². The molecule has 4 rings (SSSR count). The second-order valence-electron chi connectivity index (χ2n) is 6.93. The normalized spacial score (nSPS) is 17.0. The number of hydrogen-bond acceptors (Lipinski definition) is 4. The lowest BCUT2D eigenvalue weighted by molar-refractivity contribution is 0.101. The zero-order chi connectivity index (χ0) is 18.6. The Morgan fingerprint density at radius 1 is 1.22 bits per heavy atom. The molecule has 3 aromatic rings. The third kappa shape index (κ3) is 3.78. The Bertz CT molecular complexity index is 908. The topological polar surface area (TPSA) is 76.8 Å². The van der Waals surface area contributed by atoms with Crippen LogP contribution < -0.4 is 10.6 Å². The Labute approximate surface area is 158 Å². The van der Waals surface area contributed by atoms with Crippen LogP contribution in [0.25, 0.3) is 0 Å². The lowest BCUT2D eigenvalue weighted by Crippen LogP contribution is -2.29. The molecule has 140 valence electrons. The molecule has 0 radical (unpaired) electrons. The van der Waals surface area contributed by atoms with Gasteiger partial charge in [0.2, 0.25) is 5.95 Å². The standard InChI is InChI=1S/C20H24N6O/c1-25-17(16-9-5-6-12-21-16)10-11-18(25)19(27)23-20-24-22-14-26(20)13-15-7-3-2-4-8-15/h2-4,7-8,10-11,14,16,21H,5-6,9,12-13H2,1H3,(H,23,24,27). The lowest BCUT2D eigenvalue weighted by Gasteiger charge is -2.24. The van der Waals surface area contributed by atoms with Gasteiger partial charge in [-0.15, -0.1) is 10.2 Å². The number of hydrogen-bond donors (Lipinski definition) is 2. The molecule has 0 bridgehead atoms. The quantitative estimate of drug-likeness (QED) is 0.730. The highest BCUT2D eigenvalue weighted by molar-refractivity contribution is 6.02. The van der Waals surface area contributed by atoms with Crippen LogP contribution in [0, 0.1) is 0 Å². The van der Waals surface area contributed by atoms with E-state index in [0.717, 1.165) is 24.2 Å². The van der Waals surface area contributed by atoms with E-state index in [1.54, 1.807) is 6.33 Å². The third-order valence-electron chi connectivity index (χ3n) is 5.10. The van der Waals surface area contributed by atoms with E-state index >= 15 is 0 Å². The van der Waals surface area contributed by atoms with Crippen LogP contribution in [-0.2, 0) is 13.6 Å². The summed E-state index contributed by atoms with van der Waals surface area (Å²) in [5, 5.41) is 14.4. The van der Waals surface area contributed by atoms with Crippen molar-refractivity contribution >= 4 is 11.9 Å². The Balaban J connectivity index is 1.49. The predicted molar refractivity (Wildman–Crippen MR) is 104 cm³/mol. The summed E-state index contributed by atoms with van der Waals surface area (Å²) in [4.78, 5) is 12.8. The largest absolute Gasteiger partial charge is 0.342 e. The highest BCUT2D eigenvalue weighted by Gasteiger charge is 2.21. The monoisotopic (exact) mass is 364 g/mol. The molecule has 7 heteroatoms. The number of carbonyl (C=O) groups is 1. The van der Waals surface area contributed by atoms with Crippen LogP contribution in [-0.4, -0.2) is 31.8 Å². The molecule has 7 nitrogen and oxygen atoms in total. The minimum absolute atomic E-state index is 0.179. The average molecular weight is 364 g/mol. The van der Waals surface area contributed by atoms with Gasteiger partial charge < -0.3 is 9.88 Å². The maximum atomic E-state index is 12.8. The molecule has 0 spiro atoms. The van der Waals surface area contributed by atoms with Crippen LogP contribution in [0.1, 0.15) is 47.1 Å². The lowest BCUT2D eigenvalue weighted by atomic mass is 10.0. The smallest absolute Gasteiger partial charge is 0.274 e. The van der Waals surface area contributed by atoms with Crippen molar-refractivity contribution in [1.82, 2.24) is 24.6 Å². The van der Waals surface area contributed by atoms with E-state index < -0.39 is 0 Å². The first-order valence-electron chi connectivity index (χ1n) is 9.34. The minimum Gasteiger partial charge on any atom is -0.342 e.